The molecule has 0 bridgehead atoms. The Morgan fingerprint density at radius 2 is 2.00 bits per heavy atom. The molecule has 0 saturated carbocycles. The van der Waals surface area contributed by atoms with Gasteiger partial charge in [0.1, 0.15) is 11.5 Å². The van der Waals surface area contributed by atoms with Crippen LogP contribution in [0.5, 0.6) is 5.75 Å². The van der Waals surface area contributed by atoms with Gasteiger partial charge in [-0.2, -0.15) is 0 Å². The number of halogens is 1. The van der Waals surface area contributed by atoms with Crippen molar-refractivity contribution in [2.75, 3.05) is 45.2 Å². The largest absolute Gasteiger partial charge is 0.495 e. The highest BCUT2D eigenvalue weighted by molar-refractivity contribution is 6.31. The standard InChI is InChI=1S/C19H24ClN3O3/c1-14-10-17(18(25-2)11-16(14)20)21-19(24)13-23-7-5-22(6-8-23)12-15-4-3-9-26-15/h3-4,9-11H,5-8,12-13H2,1-2H3,(H,21,24). The Labute approximate surface area is 158 Å². The SMILES string of the molecule is COc1cc(Cl)c(C)cc1NC(=O)CN1CCN(Cc2ccco2)CC1. The number of anilines is 1. The molecule has 1 aromatic carbocycles. The number of carbonyl (C=O) groups excluding carboxylic acids is 1. The zero-order valence-corrected chi connectivity index (χ0v) is 15.9. The molecule has 1 saturated heterocycles. The molecule has 26 heavy (non-hydrogen) atoms. The molecule has 1 fully saturated rings. The Hall–Kier alpha value is -2.02. The molecule has 1 aliphatic heterocycles. The number of amides is 1. The summed E-state index contributed by atoms with van der Waals surface area (Å²) in [5.41, 5.74) is 1.55. The quantitative estimate of drug-likeness (QED) is 0.838. The summed E-state index contributed by atoms with van der Waals surface area (Å²) in [7, 11) is 1.56. The van der Waals surface area contributed by atoms with E-state index in [1.54, 1.807) is 19.4 Å². The summed E-state index contributed by atoms with van der Waals surface area (Å²) in [6.45, 7) is 6.61. The summed E-state index contributed by atoms with van der Waals surface area (Å²) in [5, 5.41) is 3.55. The third kappa shape index (κ3) is 4.78. The van der Waals surface area contributed by atoms with Crippen molar-refractivity contribution in [1.29, 1.82) is 0 Å². The van der Waals surface area contributed by atoms with Gasteiger partial charge in [0.15, 0.2) is 0 Å². The number of carbonyl (C=O) groups is 1. The van der Waals surface area contributed by atoms with E-state index >= 15 is 0 Å². The molecule has 140 valence electrons. The van der Waals surface area contributed by atoms with Gasteiger partial charge in [-0.1, -0.05) is 11.6 Å². The lowest BCUT2D eigenvalue weighted by molar-refractivity contribution is -0.117. The van der Waals surface area contributed by atoms with Crippen LogP contribution in [-0.2, 0) is 11.3 Å². The van der Waals surface area contributed by atoms with Crippen LogP contribution >= 0.6 is 11.6 Å². The first kappa shape index (κ1) is 18.8. The Balaban J connectivity index is 1.49. The lowest BCUT2D eigenvalue weighted by Crippen LogP contribution is -2.48. The fraction of sp³-hybridized carbons (Fsp3) is 0.421. The summed E-state index contributed by atoms with van der Waals surface area (Å²) in [6.07, 6.45) is 1.70. The van der Waals surface area contributed by atoms with Gasteiger partial charge in [0, 0.05) is 37.3 Å². The van der Waals surface area contributed by atoms with Crippen LogP contribution in [0.3, 0.4) is 0 Å². The first-order chi connectivity index (χ1) is 12.5. The second-order valence-electron chi connectivity index (χ2n) is 6.48. The summed E-state index contributed by atoms with van der Waals surface area (Å²) in [4.78, 5) is 16.9. The van der Waals surface area contributed by atoms with E-state index in [9.17, 15) is 4.79 Å². The molecule has 1 N–H and O–H groups in total. The number of nitrogens with zero attached hydrogens (tertiary/aromatic N) is 2. The maximum absolute atomic E-state index is 12.4. The van der Waals surface area contributed by atoms with Crippen molar-refractivity contribution in [1.82, 2.24) is 9.80 Å². The number of methoxy groups -OCH3 is 1. The number of ether oxygens (including phenoxy) is 1. The van der Waals surface area contributed by atoms with E-state index in [0.29, 0.717) is 23.0 Å². The predicted molar refractivity (Wildman–Crippen MR) is 102 cm³/mol. The van der Waals surface area contributed by atoms with Crippen LogP contribution in [0.4, 0.5) is 5.69 Å². The van der Waals surface area contributed by atoms with Gasteiger partial charge in [-0.3, -0.25) is 14.6 Å². The third-order valence-electron chi connectivity index (χ3n) is 4.55. The number of hydrogen-bond acceptors (Lipinski definition) is 5. The van der Waals surface area contributed by atoms with Crippen LogP contribution in [0.15, 0.2) is 34.9 Å². The van der Waals surface area contributed by atoms with Crippen molar-refractivity contribution in [2.24, 2.45) is 0 Å². The van der Waals surface area contributed by atoms with Crippen LogP contribution in [0.2, 0.25) is 5.02 Å². The van der Waals surface area contributed by atoms with Gasteiger partial charge < -0.3 is 14.5 Å². The molecule has 2 aromatic rings. The highest BCUT2D eigenvalue weighted by Gasteiger charge is 2.20. The second-order valence-corrected chi connectivity index (χ2v) is 6.89. The van der Waals surface area contributed by atoms with Gasteiger partial charge in [-0.15, -0.1) is 0 Å². The first-order valence-electron chi connectivity index (χ1n) is 8.66. The van der Waals surface area contributed by atoms with Gasteiger partial charge >= 0.3 is 0 Å². The molecule has 0 atom stereocenters. The molecule has 0 unspecified atom stereocenters. The topological polar surface area (TPSA) is 58.0 Å². The van der Waals surface area contributed by atoms with Crippen LogP contribution in [0, 0.1) is 6.92 Å². The van der Waals surface area contributed by atoms with Crippen LogP contribution in [0.25, 0.3) is 0 Å². The molecular weight excluding hydrogens is 354 g/mol. The van der Waals surface area contributed by atoms with Crippen molar-refractivity contribution < 1.29 is 13.9 Å². The van der Waals surface area contributed by atoms with E-state index < -0.39 is 0 Å². The van der Waals surface area contributed by atoms with Gasteiger partial charge in [-0.25, -0.2) is 0 Å². The average Bonchev–Trinajstić information content (AvgIpc) is 3.12. The van der Waals surface area contributed by atoms with E-state index in [1.807, 2.05) is 25.1 Å². The smallest absolute Gasteiger partial charge is 0.238 e. The normalized spacial score (nSPS) is 15.8. The maximum Gasteiger partial charge on any atom is 0.238 e. The molecule has 0 spiro atoms. The van der Waals surface area contributed by atoms with Gasteiger partial charge in [0.2, 0.25) is 5.91 Å². The number of nitrogens with one attached hydrogen (secondary N) is 1. The van der Waals surface area contributed by atoms with Crippen molar-refractivity contribution in [3.63, 3.8) is 0 Å². The number of benzene rings is 1. The van der Waals surface area contributed by atoms with Crippen molar-refractivity contribution >= 4 is 23.2 Å². The number of furan rings is 1. The first-order valence-corrected chi connectivity index (χ1v) is 9.04. The Morgan fingerprint density at radius 1 is 1.27 bits per heavy atom. The lowest BCUT2D eigenvalue weighted by Gasteiger charge is -2.33. The molecular formula is C19H24ClN3O3. The Morgan fingerprint density at radius 3 is 2.65 bits per heavy atom. The highest BCUT2D eigenvalue weighted by atomic mass is 35.5. The molecule has 1 amide bonds. The minimum Gasteiger partial charge on any atom is -0.495 e. The molecule has 2 heterocycles. The van der Waals surface area contributed by atoms with E-state index in [0.717, 1.165) is 44.0 Å². The van der Waals surface area contributed by atoms with E-state index in [2.05, 4.69) is 15.1 Å². The van der Waals surface area contributed by atoms with Crippen LogP contribution in [-0.4, -0.2) is 55.5 Å². The maximum atomic E-state index is 12.4. The minimum atomic E-state index is -0.0514. The van der Waals surface area contributed by atoms with Gasteiger partial charge in [-0.05, 0) is 30.7 Å². The molecule has 6 nitrogen and oxygen atoms in total. The van der Waals surface area contributed by atoms with E-state index in [-0.39, 0.29) is 5.91 Å². The summed E-state index contributed by atoms with van der Waals surface area (Å²) in [5.74, 6) is 1.49. The fourth-order valence-corrected chi connectivity index (χ4v) is 3.20. The van der Waals surface area contributed by atoms with Gasteiger partial charge in [0.05, 0.1) is 32.1 Å². The van der Waals surface area contributed by atoms with Crippen LogP contribution in [0.1, 0.15) is 11.3 Å². The lowest BCUT2D eigenvalue weighted by atomic mass is 10.2. The number of hydrogen-bond donors (Lipinski definition) is 1. The zero-order chi connectivity index (χ0) is 18.5. The van der Waals surface area contributed by atoms with Crippen molar-refractivity contribution in [3.8, 4) is 5.75 Å². The summed E-state index contributed by atoms with van der Waals surface area (Å²) >= 11 is 6.11. The predicted octanol–water partition coefficient (Wildman–Crippen LogP) is 3.01. The second kappa shape index (κ2) is 8.58. The number of piperazine rings is 1. The number of aryl methyl sites for hydroxylation is 1. The Bertz CT molecular complexity index is 741. The molecule has 0 aliphatic carbocycles. The van der Waals surface area contributed by atoms with E-state index in [1.165, 1.54) is 0 Å². The molecule has 7 heteroatoms. The van der Waals surface area contributed by atoms with Crippen molar-refractivity contribution in [3.05, 3.63) is 46.9 Å². The van der Waals surface area contributed by atoms with Gasteiger partial charge in [0.25, 0.3) is 0 Å². The zero-order valence-electron chi connectivity index (χ0n) is 15.1. The number of rotatable bonds is 6. The summed E-state index contributed by atoms with van der Waals surface area (Å²) in [6, 6.07) is 7.45. The minimum absolute atomic E-state index is 0.0514. The molecule has 1 aliphatic rings. The molecule has 3 rings (SSSR count). The molecule has 1 aromatic heterocycles. The van der Waals surface area contributed by atoms with Crippen molar-refractivity contribution in [2.45, 2.75) is 13.5 Å². The third-order valence-corrected chi connectivity index (χ3v) is 4.95. The van der Waals surface area contributed by atoms with Crippen LogP contribution < -0.4 is 10.1 Å². The fourth-order valence-electron chi connectivity index (χ4n) is 3.05. The monoisotopic (exact) mass is 377 g/mol. The summed E-state index contributed by atoms with van der Waals surface area (Å²) < 4.78 is 10.7. The molecule has 0 radical (unpaired) electrons. The average molecular weight is 378 g/mol. The van der Waals surface area contributed by atoms with E-state index in [4.69, 9.17) is 20.8 Å². The highest BCUT2D eigenvalue weighted by Crippen LogP contribution is 2.30. The Kier molecular flexibility index (Phi) is 6.19.